The Morgan fingerprint density at radius 2 is 0.984 bits per heavy atom. The average Bonchev–Trinajstić information content (AvgIpc) is 1.59. The molecule has 3 fully saturated rings. The molecule has 0 radical (unpaired) electrons. The van der Waals surface area contributed by atoms with Crippen molar-refractivity contribution in [2.45, 2.75) is 206 Å². The number of carbonyl (C=O) groups excluding carboxylic acids is 5. The van der Waals surface area contributed by atoms with Crippen LogP contribution in [0.3, 0.4) is 0 Å². The van der Waals surface area contributed by atoms with Crippen molar-refractivity contribution in [1.82, 2.24) is 34.6 Å². The van der Waals surface area contributed by atoms with Crippen molar-refractivity contribution in [1.29, 1.82) is 0 Å². The predicted octanol–water partition coefficient (Wildman–Crippen LogP) is 18.1. The number of carbonyl (C=O) groups is 5. The first-order valence-corrected chi connectivity index (χ1v) is 49.2. The van der Waals surface area contributed by atoms with Gasteiger partial charge in [0.15, 0.2) is 24.6 Å². The van der Waals surface area contributed by atoms with Crippen LogP contribution in [-0.4, -0.2) is 160 Å². The summed E-state index contributed by atoms with van der Waals surface area (Å²) in [5.74, 6) is 5.33. The third-order valence-corrected chi connectivity index (χ3v) is 25.2. The molecular weight excluding hydrogens is 1900 g/mol. The molecule has 4 unspecified atom stereocenters. The molecule has 126 heavy (non-hydrogen) atoms. The van der Waals surface area contributed by atoms with Crippen molar-refractivity contribution in [3.8, 4) is 63.6 Å². The standard InChI is InChI=1S/C21H24BrN3O3.C17H16BrNO4.C15H29BN2O3Si.C15H12BrNO3.C12H14O4.C7H13NO.C5H3BrFN/c22-16-3-6-20(24-12-16)28-17-4-1-14-2-5-18(27-19(14)11-17)13-25-9-7-15(8-10-25)21(23)26;1-2-21-17(20)14-7-4-11-3-6-13(9-15(11)23-14)22-16-8-5-12(18)10-19-16;1-14(2)15(3,4)21-16(20-14)13-8-9-18(17-13)12-19-10-11-22(5,6)7;16-11-3-6-15(17-8-11)20-12-4-1-10-2-5-13(9-18)19-14(10)7-12;1-2-15-12(14)10-6-4-8-3-5-9(13)7-11(8)16-10;8-7(9)6-4-2-1-3-5-6;6-4-1-2-5(7)8-3-4/h1,3-4,6,11-12,15,18H,2,5,7-10,13H2,(H2,23,26);3,5-6,8-10,14H,2,4,7H2,1H3;8-9H,10-12H2,1-7H3;1,3-4,6-9,13H,2,5H2;3,5,7,10,13H,2,4,6H2,1H3;6H,1-5H2,(H2,8,9);1-3H. The molecule has 9 aromatic rings. The van der Waals surface area contributed by atoms with E-state index in [1.807, 2.05) is 107 Å². The first-order chi connectivity index (χ1) is 60.3. The number of phenolic OH excluding ortho intramolecular Hbond substituents is 1. The van der Waals surface area contributed by atoms with E-state index < -0.39 is 33.3 Å². The fourth-order valence-corrected chi connectivity index (χ4v) is 15.5. The number of likely N-dealkylation sites (tertiary alicyclic amines) is 1. The maximum absolute atomic E-state index is 12.0. The minimum atomic E-state index is -1.04. The normalized spacial score (nSPS) is 18.2. The van der Waals surface area contributed by atoms with Crippen molar-refractivity contribution in [2.75, 3.05) is 39.5 Å². The smallest absolute Gasteiger partial charge is 0.508 e. The predicted molar refractivity (Wildman–Crippen MR) is 492 cm³/mol. The van der Waals surface area contributed by atoms with Gasteiger partial charge in [0.2, 0.25) is 35.4 Å². The van der Waals surface area contributed by atoms with Gasteiger partial charge >= 0.3 is 19.1 Å². The van der Waals surface area contributed by atoms with E-state index in [-0.39, 0.29) is 64.7 Å². The second-order valence-corrected chi connectivity index (χ2v) is 42.3. The van der Waals surface area contributed by atoms with Crippen LogP contribution in [0.4, 0.5) is 4.39 Å². The van der Waals surface area contributed by atoms with Gasteiger partial charge in [-0.25, -0.2) is 34.2 Å². The molecule has 4 atom stereocenters. The highest BCUT2D eigenvalue weighted by Gasteiger charge is 2.53. The number of pyridine rings is 4. The number of hydrogen-bond donors (Lipinski definition) is 3. The van der Waals surface area contributed by atoms with Crippen LogP contribution in [0.2, 0.25) is 25.7 Å². The SMILES string of the molecule is CC1(C)OB(c2ccn(COCC[Si](C)(C)C)n2)OC1(C)C.CCOC(=O)C1CCc2ccc(O)cc2O1.CCOC(=O)C1CCc2ccc(Oc3ccc(Br)cn3)cc2O1.Fc1ccc(Br)cn1.NC(=O)C1CCCCC1.NC(=O)C1CCN(CC2CCc3ccc(Oc4ccc(Br)cn4)cc3O2)CC1.O=CC1CCc2ccc(Oc3ccc(Br)cn3)cc2O1. The lowest BCUT2D eigenvalue weighted by molar-refractivity contribution is -0.152. The molecular formula is C92H111BBr4FN9O18Si. The van der Waals surface area contributed by atoms with Crippen LogP contribution in [0, 0.1) is 17.8 Å². The second-order valence-electron chi connectivity index (χ2n) is 33.0. The molecule has 4 aromatic carbocycles. The van der Waals surface area contributed by atoms with Crippen molar-refractivity contribution in [2.24, 2.45) is 23.3 Å². The number of aromatic hydroxyl groups is 1. The van der Waals surface area contributed by atoms with Gasteiger partial charge in [0.25, 0.3) is 0 Å². The Morgan fingerprint density at radius 3 is 1.41 bits per heavy atom. The number of aldehydes is 1. The maximum atomic E-state index is 12.0. The molecule has 5 N–H and O–H groups in total. The summed E-state index contributed by atoms with van der Waals surface area (Å²) in [7, 11) is -1.45. The van der Waals surface area contributed by atoms with E-state index in [1.165, 1.54) is 49.2 Å². The lowest BCUT2D eigenvalue weighted by atomic mass is 9.85. The molecule has 2 amide bonds. The Hall–Kier alpha value is -9.39. The monoisotopic (exact) mass is 2000 g/mol. The molecule has 7 aliphatic rings. The largest absolute Gasteiger partial charge is 0.516 e. The zero-order valence-corrected chi connectivity index (χ0v) is 79.8. The quantitative estimate of drug-likeness (QED) is 0.0198. The first kappa shape index (κ1) is 98.8. The van der Waals surface area contributed by atoms with Gasteiger partial charge in [-0.1, -0.05) is 63.2 Å². The number of benzene rings is 4. The van der Waals surface area contributed by atoms with Crippen LogP contribution in [0.1, 0.15) is 134 Å². The van der Waals surface area contributed by atoms with Gasteiger partial charge in [-0.05, 0) is 284 Å². The fourth-order valence-electron chi connectivity index (χ4n) is 13.8. The first-order valence-electron chi connectivity index (χ1n) is 42.4. The van der Waals surface area contributed by atoms with Crippen LogP contribution in [-0.2, 0) is 79.9 Å². The Labute approximate surface area is 770 Å². The second kappa shape index (κ2) is 48.1. The van der Waals surface area contributed by atoms with Crippen LogP contribution in [0.5, 0.6) is 63.6 Å². The van der Waals surface area contributed by atoms with E-state index in [0.29, 0.717) is 79.2 Å². The third-order valence-electron chi connectivity index (χ3n) is 21.6. The molecule has 0 bridgehead atoms. The number of phenols is 1. The van der Waals surface area contributed by atoms with E-state index in [0.717, 1.165) is 148 Å². The van der Waals surface area contributed by atoms with Crippen LogP contribution in [0.25, 0.3) is 0 Å². The topological polar surface area (TPSA) is 341 Å². The van der Waals surface area contributed by atoms with E-state index >= 15 is 0 Å². The Kier molecular flexibility index (Phi) is 37.7. The molecule has 5 aromatic heterocycles. The summed E-state index contributed by atoms with van der Waals surface area (Å²) in [6, 6.07) is 39.2. The summed E-state index contributed by atoms with van der Waals surface area (Å²) in [5.41, 5.74) is 15.1. The molecule has 0 spiro atoms. The van der Waals surface area contributed by atoms with Gasteiger partial charge < -0.3 is 73.3 Å². The molecule has 6 aliphatic heterocycles. The minimum absolute atomic E-state index is 0.0242. The molecule has 2 saturated heterocycles. The number of aryl methyl sites for hydroxylation is 4. The van der Waals surface area contributed by atoms with Gasteiger partial charge in [0.05, 0.1) is 30.0 Å². The number of esters is 2. The van der Waals surface area contributed by atoms with Crippen molar-refractivity contribution in [3.63, 3.8) is 0 Å². The van der Waals surface area contributed by atoms with E-state index in [1.54, 1.807) is 73.5 Å². The minimum Gasteiger partial charge on any atom is -0.508 e. The number of amides is 2. The summed E-state index contributed by atoms with van der Waals surface area (Å²) in [6.07, 6.45) is 21.6. The lowest BCUT2D eigenvalue weighted by Gasteiger charge is -2.35. The number of fused-ring (bicyclic) bond motifs is 4. The number of rotatable bonds is 21. The van der Waals surface area contributed by atoms with Gasteiger partial charge in [0, 0.05) is 124 Å². The molecule has 34 heteroatoms. The number of ether oxygens (including phenoxy) is 10. The number of piperidine rings is 1. The Bertz CT molecular complexity index is 4980. The zero-order chi connectivity index (χ0) is 90.5. The Morgan fingerprint density at radius 1 is 0.548 bits per heavy atom. The summed E-state index contributed by atoms with van der Waals surface area (Å²) in [6.45, 7) is 23.4. The third kappa shape index (κ3) is 31.5. The number of halogens is 5. The van der Waals surface area contributed by atoms with Gasteiger partial charge in [-0.3, -0.25) is 19.3 Å². The lowest BCUT2D eigenvalue weighted by Crippen LogP contribution is -2.43. The molecule has 1 aliphatic carbocycles. The van der Waals surface area contributed by atoms with Crippen molar-refractivity contribution in [3.05, 3.63) is 204 Å². The van der Waals surface area contributed by atoms with E-state index in [2.05, 4.69) is 119 Å². The summed E-state index contributed by atoms with van der Waals surface area (Å²) in [4.78, 5) is 74.3. The Balaban J connectivity index is 0.000000158. The molecule has 674 valence electrons. The van der Waals surface area contributed by atoms with Crippen LogP contribution < -0.4 is 50.2 Å². The molecule has 27 nitrogen and oxygen atoms in total. The van der Waals surface area contributed by atoms with Gasteiger partial charge in [-0.2, -0.15) is 9.49 Å². The highest BCUT2D eigenvalue weighted by Crippen LogP contribution is 2.40. The number of hydrogen-bond acceptors (Lipinski definition) is 24. The average molecular weight is 2010 g/mol. The highest BCUT2D eigenvalue weighted by molar-refractivity contribution is 9.11. The van der Waals surface area contributed by atoms with Crippen LogP contribution in [0.15, 0.2) is 176 Å². The molecule has 1 saturated carbocycles. The van der Waals surface area contributed by atoms with Crippen LogP contribution >= 0.6 is 63.7 Å². The fraction of sp³-hybridized carbons (Fsp3) is 0.435. The number of nitrogens with two attached hydrogens (primary N) is 2. The number of aromatic nitrogens is 6. The highest BCUT2D eigenvalue weighted by atomic mass is 79.9. The van der Waals surface area contributed by atoms with Crippen molar-refractivity contribution < 1.29 is 90.1 Å². The van der Waals surface area contributed by atoms with Gasteiger partial charge in [0.1, 0.15) is 58.8 Å². The van der Waals surface area contributed by atoms with Gasteiger partial charge in [-0.15, -0.1) is 0 Å². The zero-order valence-electron chi connectivity index (χ0n) is 72.5. The van der Waals surface area contributed by atoms with E-state index in [9.17, 15) is 33.5 Å². The number of nitrogens with zero attached hydrogens (tertiary/aromatic N) is 7. The summed E-state index contributed by atoms with van der Waals surface area (Å²) < 4.78 is 85.2. The number of primary amides is 2. The van der Waals surface area contributed by atoms with Crippen molar-refractivity contribution >= 4 is 115 Å². The summed E-state index contributed by atoms with van der Waals surface area (Å²) >= 11 is 13.1. The van der Waals surface area contributed by atoms with E-state index in [4.69, 9.17) is 68.1 Å². The maximum Gasteiger partial charge on any atom is 0.516 e. The molecule has 16 rings (SSSR count). The molecule has 11 heterocycles. The summed E-state index contributed by atoms with van der Waals surface area (Å²) in [5, 5.41) is 13.8.